The van der Waals surface area contributed by atoms with E-state index in [1.165, 1.54) is 7.05 Å². The largest absolute Gasteiger partial charge is 0.496 e. The molecule has 26 heavy (non-hydrogen) atoms. The number of nitrogens with one attached hydrogen (secondary N) is 1. The van der Waals surface area contributed by atoms with E-state index in [9.17, 15) is 13.2 Å². The first kappa shape index (κ1) is 19.8. The summed E-state index contributed by atoms with van der Waals surface area (Å²) in [7, 11) is -0.269. The van der Waals surface area contributed by atoms with Crippen molar-refractivity contribution in [3.63, 3.8) is 0 Å². The molecule has 0 heterocycles. The second-order valence-electron chi connectivity index (χ2n) is 5.95. The maximum Gasteiger partial charge on any atom is 0.251 e. The van der Waals surface area contributed by atoms with Gasteiger partial charge in [-0.05, 0) is 42.7 Å². The van der Waals surface area contributed by atoms with Crippen molar-refractivity contribution in [2.75, 3.05) is 31.3 Å². The van der Waals surface area contributed by atoms with Crippen molar-refractivity contribution in [1.82, 2.24) is 5.32 Å². The van der Waals surface area contributed by atoms with Gasteiger partial charge in [0.25, 0.3) is 5.91 Å². The molecule has 0 bridgehead atoms. The molecule has 140 valence electrons. The second-order valence-corrected chi connectivity index (χ2v) is 7.97. The zero-order chi connectivity index (χ0) is 19.2. The summed E-state index contributed by atoms with van der Waals surface area (Å²) in [5.41, 5.74) is 1.98. The highest BCUT2D eigenvalue weighted by atomic mass is 32.2. The summed E-state index contributed by atoms with van der Waals surface area (Å²) < 4.78 is 29.7. The summed E-state index contributed by atoms with van der Waals surface area (Å²) >= 11 is 0. The Kier molecular flexibility index (Phi) is 6.63. The molecule has 1 N–H and O–H groups in total. The number of anilines is 1. The van der Waals surface area contributed by atoms with Gasteiger partial charge in [-0.25, -0.2) is 8.42 Å². The Hall–Kier alpha value is -2.54. The average Bonchev–Trinajstić information content (AvgIpc) is 2.64. The smallest absolute Gasteiger partial charge is 0.251 e. The lowest BCUT2D eigenvalue weighted by Gasteiger charge is -2.17. The van der Waals surface area contributed by atoms with Crippen molar-refractivity contribution in [3.05, 3.63) is 59.7 Å². The van der Waals surface area contributed by atoms with Gasteiger partial charge < -0.3 is 10.1 Å². The number of benzene rings is 2. The summed E-state index contributed by atoms with van der Waals surface area (Å²) in [5, 5.41) is 2.86. The molecule has 0 saturated carbocycles. The van der Waals surface area contributed by atoms with E-state index in [0.29, 0.717) is 17.8 Å². The Morgan fingerprint density at radius 2 is 1.88 bits per heavy atom. The molecular weight excluding hydrogens is 352 g/mol. The molecule has 2 aromatic rings. The van der Waals surface area contributed by atoms with Crippen LogP contribution in [0.25, 0.3) is 0 Å². The molecule has 1 amide bonds. The fourth-order valence-corrected chi connectivity index (χ4v) is 3.02. The number of carbonyl (C=O) groups is 1. The number of para-hydroxylation sites is 1. The van der Waals surface area contributed by atoms with E-state index in [1.54, 1.807) is 31.4 Å². The number of nitrogens with zero attached hydrogens (tertiary/aromatic N) is 1. The van der Waals surface area contributed by atoms with Crippen molar-refractivity contribution < 1.29 is 17.9 Å². The second kappa shape index (κ2) is 8.71. The molecule has 0 unspecified atom stereocenters. The molecule has 0 spiro atoms. The maximum absolute atomic E-state index is 12.3. The highest BCUT2D eigenvalue weighted by molar-refractivity contribution is 7.92. The summed E-state index contributed by atoms with van der Waals surface area (Å²) in [6, 6.07) is 14.3. The molecule has 0 saturated heterocycles. The molecule has 6 nitrogen and oxygen atoms in total. The van der Waals surface area contributed by atoms with Crippen LogP contribution in [0.5, 0.6) is 5.75 Å². The molecule has 0 aliphatic heterocycles. The Bertz CT molecular complexity index is 865. The number of sulfonamides is 1. The molecule has 0 atom stereocenters. The van der Waals surface area contributed by atoms with Gasteiger partial charge in [-0.1, -0.05) is 24.3 Å². The topological polar surface area (TPSA) is 75.7 Å². The number of hydrogen-bond donors (Lipinski definition) is 1. The first-order valence-corrected chi connectivity index (χ1v) is 10.1. The number of methoxy groups -OCH3 is 1. The van der Waals surface area contributed by atoms with Crippen LogP contribution in [0.3, 0.4) is 0 Å². The van der Waals surface area contributed by atoms with E-state index in [2.05, 4.69) is 5.32 Å². The van der Waals surface area contributed by atoms with E-state index >= 15 is 0 Å². The summed E-state index contributed by atoms with van der Waals surface area (Å²) in [6.45, 7) is 0.517. The van der Waals surface area contributed by atoms with Crippen molar-refractivity contribution in [2.24, 2.45) is 0 Å². The zero-order valence-electron chi connectivity index (χ0n) is 15.2. The molecular formula is C19H24N2O4S. The molecule has 0 aliphatic carbocycles. The molecule has 0 aliphatic rings. The quantitative estimate of drug-likeness (QED) is 0.718. The lowest BCUT2D eigenvalue weighted by molar-refractivity contribution is 0.0953. The van der Waals surface area contributed by atoms with Crippen LogP contribution < -0.4 is 14.4 Å². The Morgan fingerprint density at radius 1 is 1.15 bits per heavy atom. The van der Waals surface area contributed by atoms with Gasteiger partial charge in [0.05, 0.1) is 19.1 Å². The van der Waals surface area contributed by atoms with Crippen LogP contribution in [0.15, 0.2) is 48.5 Å². The van der Waals surface area contributed by atoms with Gasteiger partial charge in [-0.2, -0.15) is 0 Å². The third-order valence-corrected chi connectivity index (χ3v) is 5.28. The van der Waals surface area contributed by atoms with E-state index in [0.717, 1.165) is 34.7 Å². The van der Waals surface area contributed by atoms with Crippen molar-refractivity contribution in [3.8, 4) is 5.75 Å². The maximum atomic E-state index is 12.3. The predicted octanol–water partition coefficient (Wildman–Crippen LogP) is 2.45. The number of carbonyl (C=O) groups excluding carboxylic acids is 1. The van der Waals surface area contributed by atoms with Gasteiger partial charge >= 0.3 is 0 Å². The zero-order valence-corrected chi connectivity index (χ0v) is 16.0. The minimum Gasteiger partial charge on any atom is -0.496 e. The van der Waals surface area contributed by atoms with Crippen LogP contribution in [0.4, 0.5) is 5.69 Å². The molecule has 7 heteroatoms. The summed E-state index contributed by atoms with van der Waals surface area (Å²) in [6.07, 6.45) is 2.69. The van der Waals surface area contributed by atoms with Crippen molar-refractivity contribution >= 4 is 21.6 Å². The van der Waals surface area contributed by atoms with Crippen LogP contribution in [-0.2, 0) is 16.4 Å². The lowest BCUT2D eigenvalue weighted by Crippen LogP contribution is -2.27. The third kappa shape index (κ3) is 5.23. The van der Waals surface area contributed by atoms with Crippen molar-refractivity contribution in [1.29, 1.82) is 0 Å². The molecule has 0 fully saturated rings. The van der Waals surface area contributed by atoms with Gasteiger partial charge in [0.1, 0.15) is 5.75 Å². The van der Waals surface area contributed by atoms with Gasteiger partial charge in [0, 0.05) is 19.2 Å². The van der Waals surface area contributed by atoms with Gasteiger partial charge in [-0.3, -0.25) is 9.10 Å². The van der Waals surface area contributed by atoms with Crippen LogP contribution >= 0.6 is 0 Å². The highest BCUT2D eigenvalue weighted by Crippen LogP contribution is 2.19. The first-order valence-electron chi connectivity index (χ1n) is 8.27. The van der Waals surface area contributed by atoms with Gasteiger partial charge in [0.15, 0.2) is 0 Å². The van der Waals surface area contributed by atoms with Crippen LogP contribution in [0.1, 0.15) is 22.3 Å². The number of rotatable bonds is 8. The summed E-state index contributed by atoms with van der Waals surface area (Å²) in [4.78, 5) is 12.3. The monoisotopic (exact) mass is 376 g/mol. The van der Waals surface area contributed by atoms with E-state index in [1.807, 2.05) is 24.3 Å². The average molecular weight is 376 g/mol. The van der Waals surface area contributed by atoms with Crippen molar-refractivity contribution in [2.45, 2.75) is 12.8 Å². The fourth-order valence-electron chi connectivity index (χ4n) is 2.53. The lowest BCUT2D eigenvalue weighted by atomic mass is 10.1. The number of amides is 1. The number of hydrogen-bond acceptors (Lipinski definition) is 4. The fraction of sp³-hybridized carbons (Fsp3) is 0.316. The minimum atomic E-state index is -3.37. The van der Waals surface area contributed by atoms with E-state index in [-0.39, 0.29) is 5.91 Å². The predicted molar refractivity (Wildman–Crippen MR) is 103 cm³/mol. The Labute approximate surface area is 154 Å². The first-order chi connectivity index (χ1) is 12.3. The molecule has 2 rings (SSSR count). The molecule has 0 aromatic heterocycles. The van der Waals surface area contributed by atoms with Gasteiger partial charge in [0.2, 0.25) is 10.0 Å². The van der Waals surface area contributed by atoms with E-state index in [4.69, 9.17) is 4.74 Å². The van der Waals surface area contributed by atoms with Crippen LogP contribution in [-0.4, -0.2) is 41.3 Å². The molecule has 2 aromatic carbocycles. The highest BCUT2D eigenvalue weighted by Gasteiger charge is 2.14. The SMILES string of the molecule is COc1ccccc1CCCNC(=O)c1cccc(N(C)S(C)(=O)=O)c1. The Balaban J connectivity index is 1.92. The minimum absolute atomic E-state index is 0.228. The van der Waals surface area contributed by atoms with E-state index < -0.39 is 10.0 Å². The third-order valence-electron chi connectivity index (χ3n) is 4.07. The standard InChI is InChI=1S/C19H24N2O4S/c1-21(26(3,23)24)17-11-6-9-16(14-17)19(22)20-13-7-10-15-8-4-5-12-18(15)25-2/h4-6,8-9,11-12,14H,7,10,13H2,1-3H3,(H,20,22). The molecule has 0 radical (unpaired) electrons. The normalized spacial score (nSPS) is 11.0. The van der Waals surface area contributed by atoms with Gasteiger partial charge in [-0.15, -0.1) is 0 Å². The number of aryl methyl sites for hydroxylation is 1. The Morgan fingerprint density at radius 3 is 2.58 bits per heavy atom. The van der Waals surface area contributed by atoms with Crippen LogP contribution in [0, 0.1) is 0 Å². The summed E-state index contributed by atoms with van der Waals surface area (Å²) in [5.74, 6) is 0.615. The van der Waals surface area contributed by atoms with Crippen LogP contribution in [0.2, 0.25) is 0 Å². The number of ether oxygens (including phenoxy) is 1.